The molecule has 30 heavy (non-hydrogen) atoms. The summed E-state index contributed by atoms with van der Waals surface area (Å²) in [6.07, 6.45) is 5.16. The molecule has 0 unspecified atom stereocenters. The molecule has 2 aliphatic rings. The van der Waals surface area contributed by atoms with Crippen LogP contribution in [0.3, 0.4) is 0 Å². The molecule has 1 saturated heterocycles. The highest BCUT2D eigenvalue weighted by Crippen LogP contribution is 2.48. The van der Waals surface area contributed by atoms with Gasteiger partial charge in [-0.3, -0.25) is 9.98 Å². The average molecular weight is 418 g/mol. The first-order valence-electron chi connectivity index (χ1n) is 10.5. The summed E-state index contributed by atoms with van der Waals surface area (Å²) in [5.41, 5.74) is 4.68. The molecule has 0 amide bonds. The van der Waals surface area contributed by atoms with Crippen LogP contribution in [0.5, 0.6) is 0 Å². The van der Waals surface area contributed by atoms with Gasteiger partial charge in [0, 0.05) is 55.4 Å². The van der Waals surface area contributed by atoms with Gasteiger partial charge in [0.15, 0.2) is 5.17 Å². The smallest absolute Gasteiger partial charge is 0.160 e. The minimum absolute atomic E-state index is 0.0118. The van der Waals surface area contributed by atoms with E-state index in [2.05, 4.69) is 95.1 Å². The molecule has 3 atom stereocenters. The van der Waals surface area contributed by atoms with E-state index >= 15 is 0 Å². The summed E-state index contributed by atoms with van der Waals surface area (Å²) < 4.78 is 2.31. The lowest BCUT2D eigenvalue weighted by atomic mass is 9.99. The van der Waals surface area contributed by atoms with Gasteiger partial charge in [0.2, 0.25) is 0 Å². The summed E-state index contributed by atoms with van der Waals surface area (Å²) in [6.45, 7) is 2.28. The number of thioether (sulfide) groups is 1. The second kappa shape index (κ2) is 7.84. The second-order valence-corrected chi connectivity index (χ2v) is 9.04. The van der Waals surface area contributed by atoms with E-state index in [-0.39, 0.29) is 12.1 Å². The fourth-order valence-corrected chi connectivity index (χ4v) is 5.79. The van der Waals surface area contributed by atoms with Gasteiger partial charge in [0.25, 0.3) is 0 Å². The molecule has 0 spiro atoms. The largest absolute Gasteiger partial charge is 0.378 e. The molecule has 4 heterocycles. The number of anilines is 1. The van der Waals surface area contributed by atoms with Crippen LogP contribution in [0.15, 0.2) is 72.0 Å². The van der Waals surface area contributed by atoms with Crippen molar-refractivity contribution >= 4 is 22.6 Å². The van der Waals surface area contributed by atoms with Crippen LogP contribution in [0.1, 0.15) is 36.8 Å². The van der Waals surface area contributed by atoms with E-state index in [4.69, 9.17) is 4.99 Å². The van der Waals surface area contributed by atoms with Crippen molar-refractivity contribution in [2.24, 2.45) is 4.99 Å². The number of hydrogen-bond donors (Lipinski definition) is 0. The lowest BCUT2D eigenvalue weighted by Gasteiger charge is -2.32. The fourth-order valence-electron chi connectivity index (χ4n) is 4.45. The Morgan fingerprint density at radius 2 is 1.90 bits per heavy atom. The van der Waals surface area contributed by atoms with Crippen LogP contribution >= 0.6 is 11.8 Å². The number of fused-ring (bicyclic) bond motifs is 1. The predicted octanol–water partition coefficient (Wildman–Crippen LogP) is 4.92. The molecule has 1 aromatic carbocycles. The van der Waals surface area contributed by atoms with Crippen molar-refractivity contribution in [1.82, 2.24) is 14.5 Å². The van der Waals surface area contributed by atoms with Crippen LogP contribution in [0.2, 0.25) is 0 Å². The van der Waals surface area contributed by atoms with Gasteiger partial charge in [-0.05, 0) is 55.0 Å². The second-order valence-electron chi connectivity index (χ2n) is 8.05. The molecule has 0 aliphatic carbocycles. The zero-order chi connectivity index (χ0) is 20.7. The third kappa shape index (κ3) is 3.19. The van der Waals surface area contributed by atoms with Crippen LogP contribution in [-0.4, -0.2) is 45.5 Å². The van der Waals surface area contributed by atoms with E-state index in [1.165, 1.54) is 22.2 Å². The highest BCUT2D eigenvalue weighted by atomic mass is 32.2. The maximum atomic E-state index is 5.15. The number of nitrogens with zero attached hydrogens (tertiary/aromatic N) is 5. The third-order valence-corrected chi connectivity index (χ3v) is 7.18. The van der Waals surface area contributed by atoms with E-state index in [9.17, 15) is 0 Å². The SMILES string of the molecule is CC[C@H]1CSC2=N[C@@H](c3ccccn3)[C@@H](c3cccn3-c3ccc(N(C)C)cc3)N21. The highest BCUT2D eigenvalue weighted by molar-refractivity contribution is 8.14. The maximum Gasteiger partial charge on any atom is 0.160 e. The minimum atomic E-state index is 0.0118. The molecule has 2 aliphatic heterocycles. The Balaban J connectivity index is 1.58. The zero-order valence-corrected chi connectivity index (χ0v) is 18.5. The minimum Gasteiger partial charge on any atom is -0.378 e. The summed E-state index contributed by atoms with van der Waals surface area (Å²) in [4.78, 5) is 14.5. The average Bonchev–Trinajstić information content (AvgIpc) is 3.49. The van der Waals surface area contributed by atoms with Gasteiger partial charge < -0.3 is 14.4 Å². The predicted molar refractivity (Wildman–Crippen MR) is 126 cm³/mol. The van der Waals surface area contributed by atoms with Crippen LogP contribution in [0, 0.1) is 0 Å². The van der Waals surface area contributed by atoms with E-state index in [0.29, 0.717) is 6.04 Å². The van der Waals surface area contributed by atoms with Crippen LogP contribution in [0.25, 0.3) is 5.69 Å². The van der Waals surface area contributed by atoms with Crippen molar-refractivity contribution in [3.05, 3.63) is 78.4 Å². The summed E-state index contributed by atoms with van der Waals surface area (Å²) in [5, 5.41) is 1.17. The highest BCUT2D eigenvalue weighted by Gasteiger charge is 2.46. The van der Waals surface area contributed by atoms with Crippen LogP contribution in [-0.2, 0) is 0 Å². The van der Waals surface area contributed by atoms with Gasteiger partial charge >= 0.3 is 0 Å². The number of amidine groups is 1. The topological polar surface area (TPSA) is 36.7 Å². The third-order valence-electron chi connectivity index (χ3n) is 6.06. The Bertz CT molecular complexity index is 1040. The monoisotopic (exact) mass is 417 g/mol. The Labute approximate surface area is 182 Å². The molecule has 0 bridgehead atoms. The van der Waals surface area contributed by atoms with Crippen molar-refractivity contribution in [2.45, 2.75) is 31.5 Å². The Hall–Kier alpha value is -2.73. The van der Waals surface area contributed by atoms with Gasteiger partial charge in [-0.15, -0.1) is 0 Å². The number of rotatable bonds is 5. The van der Waals surface area contributed by atoms with Crippen molar-refractivity contribution in [3.63, 3.8) is 0 Å². The first kappa shape index (κ1) is 19.2. The van der Waals surface area contributed by atoms with Gasteiger partial charge in [-0.25, -0.2) is 0 Å². The molecular weight excluding hydrogens is 390 g/mol. The van der Waals surface area contributed by atoms with Crippen molar-refractivity contribution < 1.29 is 0 Å². The van der Waals surface area contributed by atoms with Crippen LogP contribution in [0.4, 0.5) is 5.69 Å². The summed E-state index contributed by atoms with van der Waals surface area (Å²) >= 11 is 1.89. The molecule has 5 rings (SSSR count). The van der Waals surface area contributed by atoms with Crippen molar-refractivity contribution in [3.8, 4) is 5.69 Å². The molecule has 0 saturated carbocycles. The summed E-state index contributed by atoms with van der Waals surface area (Å²) in [7, 11) is 4.14. The fraction of sp³-hybridized carbons (Fsp3) is 0.333. The van der Waals surface area contributed by atoms with E-state index < -0.39 is 0 Å². The summed E-state index contributed by atoms with van der Waals surface area (Å²) in [5.74, 6) is 1.11. The van der Waals surface area contributed by atoms with Gasteiger partial charge in [-0.1, -0.05) is 24.8 Å². The standard InChI is InChI=1S/C24H27N5S/c1-4-17-16-30-24-26-22(20-8-5-6-14-25-20)23(29(17)24)21-9-7-15-28(21)19-12-10-18(11-13-19)27(2)3/h5-15,17,22-23H,4,16H2,1-3H3/t17-,22-,23+/m0/s1. The molecule has 3 aromatic rings. The number of aromatic nitrogens is 2. The molecule has 0 radical (unpaired) electrons. The van der Waals surface area contributed by atoms with Crippen LogP contribution < -0.4 is 4.90 Å². The van der Waals surface area contributed by atoms with Crippen molar-refractivity contribution in [2.75, 3.05) is 24.7 Å². The molecular formula is C24H27N5S. The lowest BCUT2D eigenvalue weighted by Crippen LogP contribution is -2.36. The lowest BCUT2D eigenvalue weighted by molar-refractivity contribution is 0.249. The quantitative estimate of drug-likeness (QED) is 0.591. The molecule has 0 N–H and O–H groups in total. The van der Waals surface area contributed by atoms with Crippen molar-refractivity contribution in [1.29, 1.82) is 0 Å². The first-order chi connectivity index (χ1) is 14.7. The Morgan fingerprint density at radius 1 is 1.07 bits per heavy atom. The van der Waals surface area contributed by atoms with E-state index in [1.54, 1.807) is 0 Å². The molecule has 154 valence electrons. The number of hydrogen-bond acceptors (Lipinski definition) is 5. The number of aliphatic imine (C=N–C) groups is 1. The molecule has 6 heteroatoms. The molecule has 5 nitrogen and oxygen atoms in total. The normalized spacial score (nSPS) is 22.8. The number of benzene rings is 1. The Kier molecular flexibility index (Phi) is 5.03. The van der Waals surface area contributed by atoms with E-state index in [0.717, 1.165) is 17.9 Å². The molecule has 1 fully saturated rings. The molecule has 2 aromatic heterocycles. The van der Waals surface area contributed by atoms with Gasteiger partial charge in [0.1, 0.15) is 12.1 Å². The van der Waals surface area contributed by atoms with Gasteiger partial charge in [0.05, 0.1) is 5.69 Å². The number of pyridine rings is 1. The first-order valence-corrected chi connectivity index (χ1v) is 11.5. The maximum absolute atomic E-state index is 5.15. The van der Waals surface area contributed by atoms with Gasteiger partial charge in [-0.2, -0.15) is 0 Å². The van der Waals surface area contributed by atoms with E-state index in [1.807, 2.05) is 24.0 Å². The zero-order valence-electron chi connectivity index (χ0n) is 17.6. The Morgan fingerprint density at radius 3 is 2.60 bits per heavy atom. The summed E-state index contributed by atoms with van der Waals surface area (Å²) in [6, 6.07) is 19.9.